The first-order valence-corrected chi connectivity index (χ1v) is 5.33. The van der Waals surface area contributed by atoms with Crippen molar-refractivity contribution < 1.29 is 14.6 Å². The van der Waals surface area contributed by atoms with Crippen molar-refractivity contribution >= 4 is 5.91 Å². The Morgan fingerprint density at radius 3 is 2.81 bits per heavy atom. The largest absolute Gasteiger partial charge is 0.493 e. The number of ether oxygens (including phenoxy) is 1. The molecule has 1 rings (SSSR count). The minimum absolute atomic E-state index is 0.177. The molecular weight excluding hydrogens is 206 g/mol. The van der Waals surface area contributed by atoms with Crippen LogP contribution < -0.4 is 10.5 Å². The van der Waals surface area contributed by atoms with Gasteiger partial charge in [0.1, 0.15) is 5.75 Å². The first kappa shape index (κ1) is 12.5. The van der Waals surface area contributed by atoms with E-state index < -0.39 is 12.0 Å². The van der Waals surface area contributed by atoms with Crippen LogP contribution in [0.2, 0.25) is 0 Å². The second-order valence-corrected chi connectivity index (χ2v) is 3.53. The van der Waals surface area contributed by atoms with Crippen molar-refractivity contribution in [1.29, 1.82) is 0 Å². The fourth-order valence-corrected chi connectivity index (χ4v) is 1.37. The number of hydrogen-bond donors (Lipinski definition) is 2. The first-order valence-electron chi connectivity index (χ1n) is 5.33. The van der Waals surface area contributed by atoms with Crippen molar-refractivity contribution in [3.05, 3.63) is 29.8 Å². The third kappa shape index (κ3) is 3.55. The van der Waals surface area contributed by atoms with E-state index in [9.17, 15) is 9.90 Å². The van der Waals surface area contributed by atoms with Crippen LogP contribution in [0.15, 0.2) is 24.3 Å². The van der Waals surface area contributed by atoms with Gasteiger partial charge < -0.3 is 15.6 Å². The Bertz CT molecular complexity index is 352. The zero-order valence-corrected chi connectivity index (χ0v) is 9.35. The molecule has 0 aliphatic carbocycles. The number of amides is 1. The number of aliphatic hydroxyl groups excluding tert-OH is 1. The van der Waals surface area contributed by atoms with Crippen molar-refractivity contribution in [1.82, 2.24) is 0 Å². The van der Waals surface area contributed by atoms with E-state index in [2.05, 4.69) is 0 Å². The second kappa shape index (κ2) is 6.12. The van der Waals surface area contributed by atoms with E-state index in [1.54, 1.807) is 6.07 Å². The lowest BCUT2D eigenvalue weighted by Crippen LogP contribution is -2.15. The smallest absolute Gasteiger partial charge is 0.220 e. The zero-order chi connectivity index (χ0) is 12.0. The minimum Gasteiger partial charge on any atom is -0.493 e. The summed E-state index contributed by atoms with van der Waals surface area (Å²) in [4.78, 5) is 10.6. The van der Waals surface area contributed by atoms with Crippen molar-refractivity contribution in [2.75, 3.05) is 6.61 Å². The number of hydrogen-bond acceptors (Lipinski definition) is 3. The number of para-hydroxylation sites is 1. The predicted octanol–water partition coefficient (Wildman–Crippen LogP) is 1.38. The van der Waals surface area contributed by atoms with Gasteiger partial charge in [0.2, 0.25) is 5.91 Å². The fourth-order valence-electron chi connectivity index (χ4n) is 1.37. The van der Waals surface area contributed by atoms with Gasteiger partial charge >= 0.3 is 0 Å². The summed E-state index contributed by atoms with van der Waals surface area (Å²) in [7, 11) is 0. The van der Waals surface area contributed by atoms with Crippen LogP contribution in [0.3, 0.4) is 0 Å². The molecule has 0 radical (unpaired) electrons. The molecule has 0 spiro atoms. The highest BCUT2D eigenvalue weighted by Crippen LogP contribution is 2.26. The molecule has 0 aliphatic rings. The van der Waals surface area contributed by atoms with Crippen LogP contribution in [0.4, 0.5) is 0 Å². The van der Waals surface area contributed by atoms with Gasteiger partial charge in [0.15, 0.2) is 0 Å². The van der Waals surface area contributed by atoms with Gasteiger partial charge in [-0.2, -0.15) is 0 Å². The molecule has 0 bridgehead atoms. The quantitative estimate of drug-likeness (QED) is 0.765. The van der Waals surface area contributed by atoms with Crippen LogP contribution in [0, 0.1) is 0 Å². The van der Waals surface area contributed by atoms with E-state index in [0.717, 1.165) is 5.56 Å². The Kier molecular flexibility index (Phi) is 4.79. The molecule has 88 valence electrons. The summed E-state index contributed by atoms with van der Waals surface area (Å²) < 4.78 is 5.41. The lowest BCUT2D eigenvalue weighted by Gasteiger charge is -2.14. The van der Waals surface area contributed by atoms with Crippen LogP contribution in [0.25, 0.3) is 0 Å². The molecule has 0 aromatic heterocycles. The number of aliphatic hydroxyl groups is 1. The Hall–Kier alpha value is -1.55. The first-order chi connectivity index (χ1) is 7.65. The maximum absolute atomic E-state index is 10.6. The number of carbonyl (C=O) groups is 1. The van der Waals surface area contributed by atoms with Crippen molar-refractivity contribution in [2.45, 2.75) is 25.9 Å². The number of carbonyl (C=O) groups excluding carboxylic acids is 1. The van der Waals surface area contributed by atoms with Crippen molar-refractivity contribution in [3.8, 4) is 5.75 Å². The van der Waals surface area contributed by atoms with Crippen LogP contribution in [-0.2, 0) is 4.79 Å². The molecule has 1 atom stereocenters. The average Bonchev–Trinajstić information content (AvgIpc) is 2.28. The van der Waals surface area contributed by atoms with Gasteiger partial charge in [0.05, 0.1) is 19.1 Å². The molecule has 0 fully saturated rings. The highest BCUT2D eigenvalue weighted by molar-refractivity contribution is 5.73. The third-order valence-electron chi connectivity index (χ3n) is 2.27. The summed E-state index contributed by atoms with van der Waals surface area (Å²) in [5.41, 5.74) is 5.76. The molecular formula is C12H17NO3. The molecule has 3 N–H and O–H groups in total. The Balaban J connectivity index is 2.67. The van der Waals surface area contributed by atoms with Crippen LogP contribution >= 0.6 is 0 Å². The standard InChI is InChI=1S/C12H17NO3/c1-2-10(14)9-5-3-4-6-11(9)16-8-7-12(13)15/h3-6,10,14H,2,7-8H2,1H3,(H2,13,15). The monoisotopic (exact) mass is 223 g/mol. The summed E-state index contributed by atoms with van der Waals surface area (Å²) >= 11 is 0. The summed E-state index contributed by atoms with van der Waals surface area (Å²) in [5, 5.41) is 9.75. The maximum Gasteiger partial charge on any atom is 0.220 e. The van der Waals surface area contributed by atoms with Gasteiger partial charge in [-0.15, -0.1) is 0 Å². The third-order valence-corrected chi connectivity index (χ3v) is 2.27. The van der Waals surface area contributed by atoms with E-state index in [1.165, 1.54) is 0 Å². The van der Waals surface area contributed by atoms with Crippen molar-refractivity contribution in [3.63, 3.8) is 0 Å². The van der Waals surface area contributed by atoms with E-state index in [4.69, 9.17) is 10.5 Å². The molecule has 1 aromatic rings. The van der Waals surface area contributed by atoms with Gasteiger partial charge in [-0.25, -0.2) is 0 Å². The number of nitrogens with two attached hydrogens (primary N) is 1. The Morgan fingerprint density at radius 2 is 2.19 bits per heavy atom. The van der Waals surface area contributed by atoms with E-state index >= 15 is 0 Å². The van der Waals surface area contributed by atoms with Gasteiger partial charge in [-0.1, -0.05) is 25.1 Å². The van der Waals surface area contributed by atoms with Crippen LogP contribution in [-0.4, -0.2) is 17.6 Å². The summed E-state index contributed by atoms with van der Waals surface area (Å²) in [6.45, 7) is 2.13. The molecule has 0 saturated carbocycles. The van der Waals surface area contributed by atoms with E-state index in [-0.39, 0.29) is 13.0 Å². The normalized spacial score (nSPS) is 12.1. The van der Waals surface area contributed by atoms with Gasteiger partial charge in [0.25, 0.3) is 0 Å². The van der Waals surface area contributed by atoms with Gasteiger partial charge in [0, 0.05) is 5.56 Å². The number of rotatable bonds is 6. The predicted molar refractivity (Wildman–Crippen MR) is 61.0 cm³/mol. The second-order valence-electron chi connectivity index (χ2n) is 3.53. The van der Waals surface area contributed by atoms with E-state index in [0.29, 0.717) is 12.2 Å². The van der Waals surface area contributed by atoms with E-state index in [1.807, 2.05) is 25.1 Å². The highest BCUT2D eigenvalue weighted by atomic mass is 16.5. The highest BCUT2D eigenvalue weighted by Gasteiger charge is 2.10. The van der Waals surface area contributed by atoms with Gasteiger partial charge in [-0.3, -0.25) is 4.79 Å². The molecule has 4 heteroatoms. The Labute approximate surface area is 95.0 Å². The molecule has 0 saturated heterocycles. The topological polar surface area (TPSA) is 72.6 Å². The number of benzene rings is 1. The van der Waals surface area contributed by atoms with Crippen LogP contribution in [0.1, 0.15) is 31.4 Å². The summed E-state index contributed by atoms with van der Waals surface area (Å²) in [5.74, 6) is 0.214. The maximum atomic E-state index is 10.6. The van der Waals surface area contributed by atoms with Gasteiger partial charge in [-0.05, 0) is 12.5 Å². The number of primary amides is 1. The molecule has 0 heterocycles. The van der Waals surface area contributed by atoms with Crippen LogP contribution in [0.5, 0.6) is 5.75 Å². The molecule has 4 nitrogen and oxygen atoms in total. The van der Waals surface area contributed by atoms with Crippen molar-refractivity contribution in [2.24, 2.45) is 5.73 Å². The summed E-state index contributed by atoms with van der Waals surface area (Å²) in [6, 6.07) is 7.25. The Morgan fingerprint density at radius 1 is 1.50 bits per heavy atom. The lowest BCUT2D eigenvalue weighted by atomic mass is 10.1. The minimum atomic E-state index is -0.537. The molecule has 16 heavy (non-hydrogen) atoms. The average molecular weight is 223 g/mol. The molecule has 1 unspecified atom stereocenters. The lowest BCUT2D eigenvalue weighted by molar-refractivity contribution is -0.118. The zero-order valence-electron chi connectivity index (χ0n) is 9.35. The molecule has 0 aliphatic heterocycles. The molecule has 1 aromatic carbocycles. The summed E-state index contributed by atoms with van der Waals surface area (Å²) in [6.07, 6.45) is 0.261. The molecule has 1 amide bonds. The fraction of sp³-hybridized carbons (Fsp3) is 0.417. The SMILES string of the molecule is CCC(O)c1ccccc1OCCC(N)=O.